The molecule has 0 saturated carbocycles. The van der Waals surface area contributed by atoms with E-state index in [0.29, 0.717) is 5.02 Å². The molecule has 2 unspecified atom stereocenters. The summed E-state index contributed by atoms with van der Waals surface area (Å²) in [5.41, 5.74) is -0.270. The van der Waals surface area contributed by atoms with E-state index in [2.05, 4.69) is 10.3 Å². The normalized spacial score (nSPS) is 24.2. The fourth-order valence-corrected chi connectivity index (χ4v) is 3.90. The fourth-order valence-electron chi connectivity index (χ4n) is 1.59. The Bertz CT molecular complexity index is 601. The molecule has 1 aliphatic rings. The summed E-state index contributed by atoms with van der Waals surface area (Å²) in [5.74, 6) is -0.370. The molecule has 0 spiro atoms. The van der Waals surface area contributed by atoms with Crippen molar-refractivity contribution in [1.82, 2.24) is 10.3 Å². The molecule has 4 nitrogen and oxygen atoms in total. The Balaban J connectivity index is 2.02. The standard InChI is InChI=1S/C10H7ClN2O2S2/c11-4-2-1-3-5-6(4)12-8(16-5)9-13-7(14)10(15)17-9/h1-3,9-10,15H,(H,13,14). The predicted octanol–water partition coefficient (Wildman–Crippen LogP) is 2.13. The molecular formula is C10H7ClN2O2S2. The zero-order valence-corrected chi connectivity index (χ0v) is 10.8. The van der Waals surface area contributed by atoms with E-state index in [1.54, 1.807) is 6.07 Å². The topological polar surface area (TPSA) is 62.2 Å². The first-order valence-electron chi connectivity index (χ1n) is 4.84. The maximum atomic E-state index is 11.2. The number of thiazole rings is 1. The summed E-state index contributed by atoms with van der Waals surface area (Å²) in [7, 11) is 0. The van der Waals surface area contributed by atoms with Crippen molar-refractivity contribution in [2.75, 3.05) is 0 Å². The first kappa shape index (κ1) is 11.3. The summed E-state index contributed by atoms with van der Waals surface area (Å²) in [4.78, 5) is 15.6. The maximum Gasteiger partial charge on any atom is 0.260 e. The Morgan fingerprint density at radius 3 is 2.94 bits per heavy atom. The lowest BCUT2D eigenvalue weighted by molar-refractivity contribution is -0.124. The highest BCUT2D eigenvalue weighted by Crippen LogP contribution is 2.39. The average molecular weight is 287 g/mol. The van der Waals surface area contributed by atoms with E-state index in [1.165, 1.54) is 11.3 Å². The molecule has 1 aromatic carbocycles. The first-order valence-corrected chi connectivity index (χ1v) is 6.98. The molecule has 1 fully saturated rings. The number of benzene rings is 1. The second kappa shape index (κ2) is 4.13. The molecule has 2 aromatic rings. The van der Waals surface area contributed by atoms with Gasteiger partial charge in [0, 0.05) is 0 Å². The number of fused-ring (bicyclic) bond motifs is 1. The highest BCUT2D eigenvalue weighted by atomic mass is 35.5. The van der Waals surface area contributed by atoms with Crippen LogP contribution in [0.4, 0.5) is 0 Å². The molecule has 0 aliphatic carbocycles. The van der Waals surface area contributed by atoms with Crippen LogP contribution in [-0.2, 0) is 4.79 Å². The largest absolute Gasteiger partial charge is 0.373 e. The van der Waals surface area contributed by atoms with E-state index in [0.717, 1.165) is 27.0 Å². The molecule has 3 rings (SSSR count). The van der Waals surface area contributed by atoms with Crippen LogP contribution in [-0.4, -0.2) is 21.4 Å². The molecule has 17 heavy (non-hydrogen) atoms. The van der Waals surface area contributed by atoms with Crippen molar-refractivity contribution >= 4 is 50.8 Å². The summed E-state index contributed by atoms with van der Waals surface area (Å²) < 4.78 is 0.976. The molecule has 2 heterocycles. The molecule has 0 bridgehead atoms. The molecular weight excluding hydrogens is 280 g/mol. The molecule has 1 aliphatic heterocycles. The Morgan fingerprint density at radius 2 is 2.29 bits per heavy atom. The van der Waals surface area contributed by atoms with E-state index in [4.69, 9.17) is 11.6 Å². The number of aliphatic hydroxyl groups is 1. The van der Waals surface area contributed by atoms with E-state index < -0.39 is 5.44 Å². The highest BCUT2D eigenvalue weighted by molar-refractivity contribution is 8.01. The lowest BCUT2D eigenvalue weighted by Crippen LogP contribution is -2.23. The fraction of sp³-hybridized carbons (Fsp3) is 0.200. The van der Waals surface area contributed by atoms with Crippen LogP contribution in [0.15, 0.2) is 18.2 Å². The van der Waals surface area contributed by atoms with Crippen LogP contribution in [0.2, 0.25) is 5.02 Å². The van der Waals surface area contributed by atoms with Gasteiger partial charge in [-0.3, -0.25) is 4.79 Å². The number of para-hydroxylation sites is 1. The van der Waals surface area contributed by atoms with E-state index in [1.807, 2.05) is 12.1 Å². The molecule has 1 aromatic heterocycles. The minimum atomic E-state index is -1.01. The number of hydrogen-bond acceptors (Lipinski definition) is 5. The molecule has 2 atom stereocenters. The number of nitrogens with one attached hydrogen (secondary N) is 1. The second-order valence-electron chi connectivity index (χ2n) is 3.52. The van der Waals surface area contributed by atoms with Crippen molar-refractivity contribution in [2.24, 2.45) is 0 Å². The van der Waals surface area contributed by atoms with Crippen molar-refractivity contribution in [1.29, 1.82) is 0 Å². The third-order valence-electron chi connectivity index (χ3n) is 2.37. The van der Waals surface area contributed by atoms with Crippen LogP contribution >= 0.6 is 34.7 Å². The number of carbonyl (C=O) groups excluding carboxylic acids is 1. The number of carbonyl (C=O) groups is 1. The van der Waals surface area contributed by atoms with E-state index >= 15 is 0 Å². The van der Waals surface area contributed by atoms with Crippen molar-refractivity contribution < 1.29 is 9.90 Å². The van der Waals surface area contributed by atoms with Crippen molar-refractivity contribution in [3.8, 4) is 0 Å². The van der Waals surface area contributed by atoms with Gasteiger partial charge in [0.1, 0.15) is 15.9 Å². The number of hydrogen-bond donors (Lipinski definition) is 2. The van der Waals surface area contributed by atoms with Gasteiger partial charge in [0.25, 0.3) is 5.91 Å². The zero-order chi connectivity index (χ0) is 12.0. The Hall–Kier alpha value is -0.820. The number of amides is 1. The summed E-state index contributed by atoms with van der Waals surface area (Å²) in [6, 6.07) is 5.57. The maximum absolute atomic E-state index is 11.2. The molecule has 2 N–H and O–H groups in total. The Kier molecular flexibility index (Phi) is 2.74. The monoisotopic (exact) mass is 286 g/mol. The molecule has 1 amide bonds. The lowest BCUT2D eigenvalue weighted by Gasteiger charge is -2.02. The average Bonchev–Trinajstić information content (AvgIpc) is 2.85. The van der Waals surface area contributed by atoms with E-state index in [-0.39, 0.29) is 11.3 Å². The summed E-state index contributed by atoms with van der Waals surface area (Å²) in [5, 5.41) is 13.1. The quantitative estimate of drug-likeness (QED) is 0.843. The number of thioether (sulfide) groups is 1. The van der Waals surface area contributed by atoms with Gasteiger partial charge < -0.3 is 10.4 Å². The third-order valence-corrected chi connectivity index (χ3v) is 5.00. The van der Waals surface area contributed by atoms with Crippen LogP contribution < -0.4 is 5.32 Å². The zero-order valence-electron chi connectivity index (χ0n) is 8.38. The van der Waals surface area contributed by atoms with Crippen LogP contribution in [0.25, 0.3) is 10.2 Å². The predicted molar refractivity (Wildman–Crippen MR) is 69.1 cm³/mol. The van der Waals surface area contributed by atoms with E-state index in [9.17, 15) is 9.90 Å². The molecule has 88 valence electrons. The van der Waals surface area contributed by atoms with Gasteiger partial charge in [0.15, 0.2) is 5.44 Å². The molecule has 7 heteroatoms. The van der Waals surface area contributed by atoms with Gasteiger partial charge in [-0.05, 0) is 12.1 Å². The van der Waals surface area contributed by atoms with Crippen LogP contribution in [0.5, 0.6) is 0 Å². The van der Waals surface area contributed by atoms with Crippen LogP contribution in [0.3, 0.4) is 0 Å². The number of halogens is 1. The Morgan fingerprint density at radius 1 is 1.47 bits per heavy atom. The molecule has 0 radical (unpaired) electrons. The van der Waals surface area contributed by atoms with Gasteiger partial charge in [0.2, 0.25) is 0 Å². The van der Waals surface area contributed by atoms with Gasteiger partial charge in [-0.1, -0.05) is 29.4 Å². The third kappa shape index (κ3) is 1.91. The number of aromatic nitrogens is 1. The summed E-state index contributed by atoms with van der Waals surface area (Å²) in [6.45, 7) is 0. The summed E-state index contributed by atoms with van der Waals surface area (Å²) >= 11 is 8.65. The second-order valence-corrected chi connectivity index (χ2v) is 6.18. The minimum Gasteiger partial charge on any atom is -0.373 e. The Labute approximate surface area is 110 Å². The SMILES string of the molecule is O=C1NC(c2nc3c(Cl)cccc3s2)SC1O. The number of aliphatic hydroxyl groups excluding tert-OH is 1. The first-order chi connectivity index (χ1) is 8.15. The van der Waals surface area contributed by atoms with Gasteiger partial charge in [-0.25, -0.2) is 4.98 Å². The minimum absolute atomic E-state index is 0.286. The van der Waals surface area contributed by atoms with Crippen molar-refractivity contribution in [3.63, 3.8) is 0 Å². The number of rotatable bonds is 1. The lowest BCUT2D eigenvalue weighted by atomic mass is 10.3. The van der Waals surface area contributed by atoms with Crippen LogP contribution in [0, 0.1) is 0 Å². The smallest absolute Gasteiger partial charge is 0.260 e. The highest BCUT2D eigenvalue weighted by Gasteiger charge is 2.33. The van der Waals surface area contributed by atoms with Gasteiger partial charge in [-0.15, -0.1) is 11.3 Å². The summed E-state index contributed by atoms with van der Waals surface area (Å²) in [6.07, 6.45) is 0. The van der Waals surface area contributed by atoms with Crippen LogP contribution in [0.1, 0.15) is 10.4 Å². The van der Waals surface area contributed by atoms with Crippen molar-refractivity contribution in [2.45, 2.75) is 10.8 Å². The number of nitrogens with zero attached hydrogens (tertiary/aromatic N) is 1. The van der Waals surface area contributed by atoms with Gasteiger partial charge in [0.05, 0.1) is 9.72 Å². The molecule has 1 saturated heterocycles. The van der Waals surface area contributed by atoms with Gasteiger partial charge in [-0.2, -0.15) is 0 Å². The van der Waals surface area contributed by atoms with Crippen molar-refractivity contribution in [3.05, 3.63) is 28.2 Å². The van der Waals surface area contributed by atoms with Gasteiger partial charge >= 0.3 is 0 Å².